The molecule has 0 bridgehead atoms. The van der Waals surface area contributed by atoms with Gasteiger partial charge in [-0.25, -0.2) is 4.98 Å². The van der Waals surface area contributed by atoms with Crippen molar-refractivity contribution in [2.24, 2.45) is 16.3 Å². The first kappa shape index (κ1) is 24.1. The minimum atomic E-state index is 0. The molecule has 1 aliphatic heterocycles. The molecule has 2 aromatic rings. The third-order valence-corrected chi connectivity index (χ3v) is 6.00. The number of nitrogens with zero attached hydrogens (tertiary/aromatic N) is 2. The lowest BCUT2D eigenvalue weighted by Crippen LogP contribution is -2.47. The summed E-state index contributed by atoms with van der Waals surface area (Å²) in [5.41, 5.74) is 2.34. The Kier molecular flexibility index (Phi) is 9.36. The third-order valence-electron chi connectivity index (χ3n) is 5.06. The number of rotatable bonds is 5. The largest absolute Gasteiger partial charge is 0.377 e. The number of halogens is 1. The molecule has 7 heteroatoms. The van der Waals surface area contributed by atoms with Crippen LogP contribution in [0, 0.1) is 11.3 Å². The van der Waals surface area contributed by atoms with Crippen molar-refractivity contribution < 1.29 is 4.74 Å². The molecule has 0 saturated carbocycles. The van der Waals surface area contributed by atoms with Crippen LogP contribution in [-0.2, 0) is 11.3 Å². The summed E-state index contributed by atoms with van der Waals surface area (Å²) in [6.45, 7) is 9.18. The molecule has 0 spiro atoms. The average Bonchev–Trinajstić information content (AvgIpc) is 3.17. The Hall–Kier alpha value is -1.19. The molecule has 1 saturated heterocycles. The molecule has 2 N–H and O–H groups in total. The molecule has 5 nitrogen and oxygen atoms in total. The second kappa shape index (κ2) is 11.3. The zero-order valence-electron chi connectivity index (χ0n) is 17.8. The summed E-state index contributed by atoms with van der Waals surface area (Å²) in [6, 6.07) is 10.3. The van der Waals surface area contributed by atoms with E-state index in [4.69, 9.17) is 9.72 Å². The number of ether oxygens (including phenoxy) is 1. The van der Waals surface area contributed by atoms with Crippen LogP contribution in [-0.4, -0.2) is 37.2 Å². The SMILES string of the molecule is CN=C(NCc1csc(-c2ccccc2)n1)NCC1CCCOC1C(C)(C)C.I. The highest BCUT2D eigenvalue weighted by molar-refractivity contribution is 14.0. The summed E-state index contributed by atoms with van der Waals surface area (Å²) in [6.07, 6.45) is 2.60. The Labute approximate surface area is 195 Å². The Balaban J connectivity index is 0.00000300. The molecule has 2 heterocycles. The minimum absolute atomic E-state index is 0. The molecule has 2 atom stereocenters. The molecule has 1 aromatic heterocycles. The Morgan fingerprint density at radius 1 is 1.24 bits per heavy atom. The molecule has 0 aliphatic carbocycles. The van der Waals surface area contributed by atoms with E-state index >= 15 is 0 Å². The maximum absolute atomic E-state index is 6.09. The van der Waals surface area contributed by atoms with Gasteiger partial charge in [-0.2, -0.15) is 0 Å². The molecule has 1 aliphatic rings. The van der Waals surface area contributed by atoms with Crippen LogP contribution < -0.4 is 10.6 Å². The van der Waals surface area contributed by atoms with Gasteiger partial charge >= 0.3 is 0 Å². The molecular weight excluding hydrogens is 495 g/mol. The van der Waals surface area contributed by atoms with Gasteiger partial charge in [0.15, 0.2) is 5.96 Å². The molecule has 29 heavy (non-hydrogen) atoms. The number of hydrogen-bond acceptors (Lipinski definition) is 4. The second-order valence-electron chi connectivity index (χ2n) is 8.38. The van der Waals surface area contributed by atoms with Gasteiger partial charge in [-0.15, -0.1) is 35.3 Å². The van der Waals surface area contributed by atoms with Crippen molar-refractivity contribution in [3.05, 3.63) is 41.4 Å². The lowest BCUT2D eigenvalue weighted by molar-refractivity contribution is -0.0835. The van der Waals surface area contributed by atoms with Crippen LogP contribution in [0.1, 0.15) is 39.3 Å². The van der Waals surface area contributed by atoms with Crippen molar-refractivity contribution in [2.75, 3.05) is 20.2 Å². The summed E-state index contributed by atoms with van der Waals surface area (Å²) < 4.78 is 6.09. The van der Waals surface area contributed by atoms with Crippen LogP contribution >= 0.6 is 35.3 Å². The van der Waals surface area contributed by atoms with Gasteiger partial charge in [0.05, 0.1) is 18.3 Å². The van der Waals surface area contributed by atoms with Gasteiger partial charge in [0, 0.05) is 37.1 Å². The lowest BCUT2D eigenvalue weighted by Gasteiger charge is -2.40. The number of hydrogen-bond donors (Lipinski definition) is 2. The molecule has 1 aromatic carbocycles. The summed E-state index contributed by atoms with van der Waals surface area (Å²) in [5.74, 6) is 1.31. The normalized spacial score (nSPS) is 20.1. The van der Waals surface area contributed by atoms with Crippen LogP contribution in [0.15, 0.2) is 40.7 Å². The van der Waals surface area contributed by atoms with Gasteiger partial charge < -0.3 is 15.4 Å². The van der Waals surface area contributed by atoms with Crippen molar-refractivity contribution in [2.45, 2.75) is 46.3 Å². The predicted molar refractivity (Wildman–Crippen MR) is 133 cm³/mol. The minimum Gasteiger partial charge on any atom is -0.377 e. The maximum Gasteiger partial charge on any atom is 0.191 e. The topological polar surface area (TPSA) is 58.5 Å². The second-order valence-corrected chi connectivity index (χ2v) is 9.23. The molecule has 0 amide bonds. The van der Waals surface area contributed by atoms with E-state index in [0.717, 1.165) is 41.8 Å². The molecule has 3 rings (SSSR count). The van der Waals surface area contributed by atoms with Crippen molar-refractivity contribution in [1.29, 1.82) is 0 Å². The molecule has 2 unspecified atom stereocenters. The van der Waals surface area contributed by atoms with Gasteiger partial charge in [-0.1, -0.05) is 51.1 Å². The summed E-state index contributed by atoms with van der Waals surface area (Å²) in [5, 5.41) is 10.0. The highest BCUT2D eigenvalue weighted by atomic mass is 127. The highest BCUT2D eigenvalue weighted by Gasteiger charge is 2.35. The number of benzene rings is 1. The van der Waals surface area contributed by atoms with Crippen molar-refractivity contribution in [1.82, 2.24) is 15.6 Å². The zero-order chi connectivity index (χ0) is 20.0. The van der Waals surface area contributed by atoms with Crippen molar-refractivity contribution in [3.63, 3.8) is 0 Å². The predicted octanol–water partition coefficient (Wildman–Crippen LogP) is 4.93. The summed E-state index contributed by atoms with van der Waals surface area (Å²) in [7, 11) is 1.81. The first-order valence-electron chi connectivity index (χ1n) is 10.0. The number of nitrogens with one attached hydrogen (secondary N) is 2. The van der Waals surface area contributed by atoms with Crippen LogP contribution in [0.4, 0.5) is 0 Å². The maximum atomic E-state index is 6.09. The number of aromatic nitrogens is 1. The fourth-order valence-corrected chi connectivity index (χ4v) is 4.56. The van der Waals surface area contributed by atoms with Crippen molar-refractivity contribution >= 4 is 41.3 Å². The fourth-order valence-electron chi connectivity index (χ4n) is 3.73. The van der Waals surface area contributed by atoms with Crippen LogP contribution in [0.25, 0.3) is 10.6 Å². The van der Waals surface area contributed by atoms with E-state index in [9.17, 15) is 0 Å². The zero-order valence-corrected chi connectivity index (χ0v) is 20.9. The first-order valence-corrected chi connectivity index (χ1v) is 10.9. The molecule has 1 fully saturated rings. The van der Waals surface area contributed by atoms with E-state index in [0.29, 0.717) is 12.5 Å². The highest BCUT2D eigenvalue weighted by Crippen LogP contribution is 2.33. The average molecular weight is 529 g/mol. The summed E-state index contributed by atoms with van der Waals surface area (Å²) >= 11 is 1.67. The molecular formula is C22H33IN4OS. The molecule has 0 radical (unpaired) electrons. The number of thiazole rings is 1. The standard InChI is InChI=1S/C22H32N4OS.HI/c1-22(2,3)19-17(11-8-12-27-19)13-24-21(23-4)25-14-18-15-28-20(26-18)16-9-6-5-7-10-16;/h5-7,9-10,15,17,19H,8,11-14H2,1-4H3,(H2,23,24,25);1H. The Morgan fingerprint density at radius 3 is 2.69 bits per heavy atom. The lowest BCUT2D eigenvalue weighted by atomic mass is 9.78. The molecule has 160 valence electrons. The van der Waals surface area contributed by atoms with E-state index in [-0.39, 0.29) is 35.5 Å². The smallest absolute Gasteiger partial charge is 0.191 e. The van der Waals surface area contributed by atoms with Gasteiger partial charge in [0.2, 0.25) is 0 Å². The number of aliphatic imine (C=N–C) groups is 1. The summed E-state index contributed by atoms with van der Waals surface area (Å²) in [4.78, 5) is 9.10. The van der Waals surface area contributed by atoms with E-state index in [2.05, 4.69) is 53.9 Å². The van der Waals surface area contributed by atoms with Crippen LogP contribution in [0.3, 0.4) is 0 Å². The number of guanidine groups is 1. The quantitative estimate of drug-likeness (QED) is 0.328. The Morgan fingerprint density at radius 2 is 2.00 bits per heavy atom. The van der Waals surface area contributed by atoms with Gasteiger partial charge in [-0.05, 0) is 18.3 Å². The first-order chi connectivity index (χ1) is 13.5. The van der Waals surface area contributed by atoms with Crippen LogP contribution in [0.2, 0.25) is 0 Å². The van der Waals surface area contributed by atoms with E-state index in [1.54, 1.807) is 11.3 Å². The van der Waals surface area contributed by atoms with E-state index in [1.165, 1.54) is 6.42 Å². The van der Waals surface area contributed by atoms with Gasteiger partial charge in [0.25, 0.3) is 0 Å². The van der Waals surface area contributed by atoms with E-state index in [1.807, 2.05) is 25.2 Å². The third kappa shape index (κ3) is 6.93. The fraction of sp³-hybridized carbons (Fsp3) is 0.545. The monoisotopic (exact) mass is 528 g/mol. The van der Waals surface area contributed by atoms with Crippen LogP contribution in [0.5, 0.6) is 0 Å². The van der Waals surface area contributed by atoms with Gasteiger partial charge in [-0.3, -0.25) is 4.99 Å². The Bertz CT molecular complexity index is 773. The van der Waals surface area contributed by atoms with E-state index < -0.39 is 0 Å². The van der Waals surface area contributed by atoms with Crippen molar-refractivity contribution in [3.8, 4) is 10.6 Å². The van der Waals surface area contributed by atoms with Gasteiger partial charge in [0.1, 0.15) is 5.01 Å².